The van der Waals surface area contributed by atoms with Gasteiger partial charge in [0.15, 0.2) is 23.2 Å². The van der Waals surface area contributed by atoms with Gasteiger partial charge >= 0.3 is 0 Å². The van der Waals surface area contributed by atoms with E-state index in [1.165, 1.54) is 28.6 Å². The summed E-state index contributed by atoms with van der Waals surface area (Å²) in [4.78, 5) is 21.6. The largest absolute Gasteiger partial charge is 0.360 e. The summed E-state index contributed by atoms with van der Waals surface area (Å²) < 4.78 is 29.1. The van der Waals surface area contributed by atoms with E-state index in [-0.39, 0.29) is 29.8 Å². The van der Waals surface area contributed by atoms with Crippen molar-refractivity contribution in [1.82, 2.24) is 19.7 Å². The minimum absolute atomic E-state index is 0.0866. The average Bonchev–Trinajstić information content (AvgIpc) is 3.01. The van der Waals surface area contributed by atoms with Crippen molar-refractivity contribution in [3.05, 3.63) is 59.4 Å². The molecule has 0 spiro atoms. The third-order valence-corrected chi connectivity index (χ3v) is 3.80. The van der Waals surface area contributed by atoms with Gasteiger partial charge in [0, 0.05) is 26.6 Å². The summed E-state index contributed by atoms with van der Waals surface area (Å²) in [6, 6.07) is 7.80. The Morgan fingerprint density at radius 3 is 2.58 bits per heavy atom. The van der Waals surface area contributed by atoms with E-state index in [4.69, 9.17) is 0 Å². The zero-order valence-electron chi connectivity index (χ0n) is 14.6. The Labute approximate surface area is 149 Å². The van der Waals surface area contributed by atoms with Crippen LogP contribution in [0, 0.1) is 11.6 Å². The highest BCUT2D eigenvalue weighted by Gasteiger charge is 2.18. The second kappa shape index (κ2) is 6.99. The highest BCUT2D eigenvalue weighted by Crippen LogP contribution is 2.21. The SMILES string of the molecule is CC(=O)c1cc(-c2ncc(F)c(N(C)C)n2)nn1Cc1ccccc1F. The normalized spacial score (nSPS) is 10.8. The number of nitrogens with zero attached hydrogens (tertiary/aromatic N) is 5. The van der Waals surface area contributed by atoms with Crippen molar-refractivity contribution in [3.63, 3.8) is 0 Å². The van der Waals surface area contributed by atoms with Gasteiger partial charge in [0.1, 0.15) is 17.2 Å². The quantitative estimate of drug-likeness (QED) is 0.657. The van der Waals surface area contributed by atoms with Gasteiger partial charge in [0.25, 0.3) is 0 Å². The molecule has 134 valence electrons. The zero-order chi connectivity index (χ0) is 18.8. The number of rotatable bonds is 5. The molecule has 0 aliphatic heterocycles. The van der Waals surface area contributed by atoms with Crippen LogP contribution in [-0.4, -0.2) is 39.6 Å². The molecule has 2 heterocycles. The number of carbonyl (C=O) groups excluding carboxylic acids is 1. The Balaban J connectivity index is 2.04. The Morgan fingerprint density at radius 2 is 1.92 bits per heavy atom. The van der Waals surface area contributed by atoms with Crippen molar-refractivity contribution in [3.8, 4) is 11.5 Å². The highest BCUT2D eigenvalue weighted by molar-refractivity contribution is 5.93. The minimum Gasteiger partial charge on any atom is -0.360 e. The van der Waals surface area contributed by atoms with Gasteiger partial charge in [-0.15, -0.1) is 0 Å². The molecule has 0 amide bonds. The summed E-state index contributed by atoms with van der Waals surface area (Å²) in [7, 11) is 3.32. The highest BCUT2D eigenvalue weighted by atomic mass is 19.1. The second-order valence-electron chi connectivity index (χ2n) is 5.98. The lowest BCUT2D eigenvalue weighted by Gasteiger charge is -2.12. The Kier molecular flexibility index (Phi) is 4.75. The van der Waals surface area contributed by atoms with Crippen LogP contribution in [0.1, 0.15) is 23.0 Å². The molecule has 3 aromatic rings. The zero-order valence-corrected chi connectivity index (χ0v) is 14.6. The second-order valence-corrected chi connectivity index (χ2v) is 5.98. The summed E-state index contributed by atoms with van der Waals surface area (Å²) in [5, 5.41) is 4.33. The van der Waals surface area contributed by atoms with Crippen molar-refractivity contribution in [2.75, 3.05) is 19.0 Å². The monoisotopic (exact) mass is 357 g/mol. The molecule has 0 saturated carbocycles. The van der Waals surface area contributed by atoms with Gasteiger partial charge in [-0.3, -0.25) is 9.48 Å². The molecule has 6 nitrogen and oxygen atoms in total. The van der Waals surface area contributed by atoms with E-state index in [9.17, 15) is 13.6 Å². The standard InChI is InChI=1S/C18H17F2N5O/c1-11(26)16-8-15(17-21-9-14(20)18(22-17)24(2)3)23-25(16)10-12-6-4-5-7-13(12)19/h4-9H,10H2,1-3H3. The van der Waals surface area contributed by atoms with Gasteiger partial charge in [-0.2, -0.15) is 5.10 Å². The number of halogens is 2. The average molecular weight is 357 g/mol. The predicted octanol–water partition coefficient (Wildman–Crippen LogP) is 2.94. The summed E-state index contributed by atoms with van der Waals surface area (Å²) in [6.45, 7) is 1.48. The van der Waals surface area contributed by atoms with E-state index < -0.39 is 5.82 Å². The third kappa shape index (κ3) is 3.44. The first kappa shape index (κ1) is 17.7. The number of aromatic nitrogens is 4. The van der Waals surface area contributed by atoms with E-state index in [1.807, 2.05) is 0 Å². The fourth-order valence-electron chi connectivity index (χ4n) is 2.51. The number of ketones is 1. The van der Waals surface area contributed by atoms with Gasteiger partial charge in [0.2, 0.25) is 0 Å². The van der Waals surface area contributed by atoms with Crippen LogP contribution < -0.4 is 4.90 Å². The number of Topliss-reactive ketones (excluding diaryl/α,β-unsaturated/α-hetero) is 1. The first-order valence-electron chi connectivity index (χ1n) is 7.89. The van der Waals surface area contributed by atoms with E-state index in [0.29, 0.717) is 17.0 Å². The van der Waals surface area contributed by atoms with Gasteiger partial charge in [-0.25, -0.2) is 18.7 Å². The number of hydrogen-bond donors (Lipinski definition) is 0. The van der Waals surface area contributed by atoms with E-state index >= 15 is 0 Å². The molecule has 0 unspecified atom stereocenters. The van der Waals surface area contributed by atoms with Gasteiger partial charge in [0.05, 0.1) is 12.7 Å². The molecule has 3 rings (SSSR count). The van der Waals surface area contributed by atoms with Crippen LogP contribution in [0.2, 0.25) is 0 Å². The molecule has 1 aromatic carbocycles. The van der Waals surface area contributed by atoms with Crippen molar-refractivity contribution < 1.29 is 13.6 Å². The first-order chi connectivity index (χ1) is 12.4. The van der Waals surface area contributed by atoms with Crippen molar-refractivity contribution in [1.29, 1.82) is 0 Å². The molecule has 0 N–H and O–H groups in total. The molecule has 0 bridgehead atoms. The van der Waals surface area contributed by atoms with Crippen molar-refractivity contribution in [2.45, 2.75) is 13.5 Å². The van der Waals surface area contributed by atoms with Gasteiger partial charge in [-0.05, 0) is 12.1 Å². The maximum atomic E-state index is 13.9. The van der Waals surface area contributed by atoms with Crippen LogP contribution in [0.4, 0.5) is 14.6 Å². The molecule has 0 atom stereocenters. The van der Waals surface area contributed by atoms with Gasteiger partial charge in [-0.1, -0.05) is 18.2 Å². The molecule has 0 saturated heterocycles. The van der Waals surface area contributed by atoms with Crippen LogP contribution in [0.3, 0.4) is 0 Å². The summed E-state index contributed by atoms with van der Waals surface area (Å²) in [5.74, 6) is -0.869. The summed E-state index contributed by atoms with van der Waals surface area (Å²) in [5.41, 5.74) is 1.01. The molecule has 0 radical (unpaired) electrons. The van der Waals surface area contributed by atoms with E-state index in [2.05, 4.69) is 15.1 Å². The van der Waals surface area contributed by atoms with Crippen LogP contribution in [0.25, 0.3) is 11.5 Å². The van der Waals surface area contributed by atoms with Crippen LogP contribution in [-0.2, 0) is 6.54 Å². The molecule has 0 aliphatic carbocycles. The topological polar surface area (TPSA) is 63.9 Å². The van der Waals surface area contributed by atoms with Crippen molar-refractivity contribution >= 4 is 11.6 Å². The Morgan fingerprint density at radius 1 is 1.19 bits per heavy atom. The molecular weight excluding hydrogens is 340 g/mol. The lowest BCUT2D eigenvalue weighted by Crippen LogP contribution is -2.14. The molecule has 0 fully saturated rings. The Hall–Kier alpha value is -3.16. The molecule has 2 aromatic heterocycles. The molecule has 8 heteroatoms. The van der Waals surface area contributed by atoms with Crippen molar-refractivity contribution in [2.24, 2.45) is 0 Å². The fourth-order valence-corrected chi connectivity index (χ4v) is 2.51. The molecule has 0 aliphatic rings. The maximum Gasteiger partial charge on any atom is 0.183 e. The lowest BCUT2D eigenvalue weighted by atomic mass is 10.2. The smallest absolute Gasteiger partial charge is 0.183 e. The van der Waals surface area contributed by atoms with Gasteiger partial charge < -0.3 is 4.90 Å². The lowest BCUT2D eigenvalue weighted by molar-refractivity contribution is 0.100. The Bertz CT molecular complexity index is 968. The van der Waals surface area contributed by atoms with Crippen LogP contribution in [0.15, 0.2) is 36.5 Å². The third-order valence-electron chi connectivity index (χ3n) is 3.80. The minimum atomic E-state index is -0.559. The maximum absolute atomic E-state index is 13.9. The number of hydrogen-bond acceptors (Lipinski definition) is 5. The number of carbonyl (C=O) groups is 1. The number of benzene rings is 1. The molecule has 26 heavy (non-hydrogen) atoms. The molecular formula is C18H17F2N5O. The summed E-state index contributed by atoms with van der Waals surface area (Å²) in [6.07, 6.45) is 1.06. The number of anilines is 1. The fraction of sp³-hybridized carbons (Fsp3) is 0.222. The van der Waals surface area contributed by atoms with Crippen LogP contribution >= 0.6 is 0 Å². The van der Waals surface area contributed by atoms with E-state index in [1.54, 1.807) is 32.3 Å². The van der Waals surface area contributed by atoms with Crippen LogP contribution in [0.5, 0.6) is 0 Å². The first-order valence-corrected chi connectivity index (χ1v) is 7.89. The summed E-state index contributed by atoms with van der Waals surface area (Å²) >= 11 is 0. The predicted molar refractivity (Wildman–Crippen MR) is 93.0 cm³/mol. The van der Waals surface area contributed by atoms with E-state index in [0.717, 1.165) is 6.20 Å².